The van der Waals surface area contributed by atoms with Gasteiger partial charge in [0.1, 0.15) is 13.2 Å². The highest BCUT2D eigenvalue weighted by Gasteiger charge is 2.18. The van der Waals surface area contributed by atoms with E-state index in [1.165, 1.54) is 32.1 Å². The highest BCUT2D eigenvalue weighted by molar-refractivity contribution is 6.31. The lowest BCUT2D eigenvalue weighted by Gasteiger charge is -2.21. The summed E-state index contributed by atoms with van der Waals surface area (Å²) in [6, 6.07) is 3.74. The van der Waals surface area contributed by atoms with Gasteiger partial charge in [0.15, 0.2) is 11.5 Å². The minimum absolute atomic E-state index is 0.0282. The summed E-state index contributed by atoms with van der Waals surface area (Å²) in [4.78, 5) is 0. The van der Waals surface area contributed by atoms with Gasteiger partial charge in [-0.05, 0) is 18.1 Å². The number of halogens is 1. The molecule has 0 saturated carbocycles. The van der Waals surface area contributed by atoms with Crippen LogP contribution in [0.3, 0.4) is 0 Å². The monoisotopic (exact) mass is 311 g/mol. The summed E-state index contributed by atoms with van der Waals surface area (Å²) in [5, 5.41) is 0.678. The third-order valence-electron chi connectivity index (χ3n) is 3.93. The van der Waals surface area contributed by atoms with Crippen LogP contribution in [0.2, 0.25) is 5.02 Å². The summed E-state index contributed by atoms with van der Waals surface area (Å²) in [5.41, 5.74) is 7.26. The molecule has 0 spiro atoms. The quantitative estimate of drug-likeness (QED) is 0.697. The van der Waals surface area contributed by atoms with E-state index in [4.69, 9.17) is 26.8 Å². The number of nitrogens with two attached hydrogens (primary N) is 1. The molecule has 21 heavy (non-hydrogen) atoms. The molecule has 1 aromatic carbocycles. The van der Waals surface area contributed by atoms with Crippen LogP contribution >= 0.6 is 11.6 Å². The Kier molecular flexibility index (Phi) is 6.65. The third kappa shape index (κ3) is 4.79. The third-order valence-corrected chi connectivity index (χ3v) is 4.26. The van der Waals surface area contributed by atoms with E-state index in [2.05, 4.69) is 6.92 Å². The molecular weight excluding hydrogens is 286 g/mol. The van der Waals surface area contributed by atoms with E-state index in [0.717, 1.165) is 29.9 Å². The second-order valence-corrected chi connectivity index (χ2v) is 6.09. The molecule has 118 valence electrons. The van der Waals surface area contributed by atoms with Gasteiger partial charge in [-0.25, -0.2) is 0 Å². The minimum Gasteiger partial charge on any atom is -0.486 e. The number of unbranched alkanes of at least 4 members (excludes halogenated alkanes) is 5. The van der Waals surface area contributed by atoms with E-state index in [0.29, 0.717) is 18.2 Å². The zero-order valence-corrected chi connectivity index (χ0v) is 13.6. The van der Waals surface area contributed by atoms with Crippen molar-refractivity contribution in [2.45, 2.75) is 57.9 Å². The Morgan fingerprint density at radius 3 is 2.38 bits per heavy atom. The van der Waals surface area contributed by atoms with Crippen LogP contribution in [0, 0.1) is 0 Å². The van der Waals surface area contributed by atoms with Gasteiger partial charge in [0, 0.05) is 17.1 Å². The standard InChI is InChI=1S/C17H26ClNO2/c1-2-3-4-5-6-7-8-15(19)13-11-16-17(12-14(13)18)21-10-9-20-16/h11-12,15H,2-10,19H2,1H3. The average molecular weight is 312 g/mol. The van der Waals surface area contributed by atoms with Crippen molar-refractivity contribution in [3.05, 3.63) is 22.7 Å². The van der Waals surface area contributed by atoms with E-state index >= 15 is 0 Å². The van der Waals surface area contributed by atoms with Crippen molar-refractivity contribution in [2.24, 2.45) is 5.73 Å². The Morgan fingerprint density at radius 2 is 1.67 bits per heavy atom. The van der Waals surface area contributed by atoms with Crippen molar-refractivity contribution >= 4 is 11.6 Å². The molecule has 1 aromatic rings. The van der Waals surface area contributed by atoms with Gasteiger partial charge in [-0.2, -0.15) is 0 Å². The first-order valence-corrected chi connectivity index (χ1v) is 8.44. The predicted octanol–water partition coefficient (Wildman–Crippen LogP) is 4.86. The zero-order valence-electron chi connectivity index (χ0n) is 12.9. The van der Waals surface area contributed by atoms with Gasteiger partial charge in [-0.1, -0.05) is 57.0 Å². The SMILES string of the molecule is CCCCCCCCC(N)c1cc2c(cc1Cl)OCCO2. The topological polar surface area (TPSA) is 44.5 Å². The molecule has 2 rings (SSSR count). The van der Waals surface area contributed by atoms with Crippen LogP contribution in [-0.4, -0.2) is 13.2 Å². The van der Waals surface area contributed by atoms with Gasteiger partial charge in [0.2, 0.25) is 0 Å². The second kappa shape index (κ2) is 8.50. The number of fused-ring (bicyclic) bond motifs is 1. The van der Waals surface area contributed by atoms with E-state index in [-0.39, 0.29) is 6.04 Å². The molecule has 0 aromatic heterocycles. The zero-order chi connectivity index (χ0) is 15.1. The van der Waals surface area contributed by atoms with E-state index in [1.54, 1.807) is 0 Å². The largest absolute Gasteiger partial charge is 0.486 e. The Balaban J connectivity index is 1.85. The molecule has 0 amide bonds. The van der Waals surface area contributed by atoms with Crippen LogP contribution in [0.1, 0.15) is 63.5 Å². The Morgan fingerprint density at radius 1 is 1.05 bits per heavy atom. The van der Waals surface area contributed by atoms with Crippen LogP contribution in [0.25, 0.3) is 0 Å². The number of hydrogen-bond donors (Lipinski definition) is 1. The molecule has 0 bridgehead atoms. The molecule has 1 aliphatic heterocycles. The van der Waals surface area contributed by atoms with E-state index < -0.39 is 0 Å². The smallest absolute Gasteiger partial charge is 0.162 e. The maximum atomic E-state index is 6.32. The summed E-state index contributed by atoms with van der Waals surface area (Å²) in [5.74, 6) is 1.49. The van der Waals surface area contributed by atoms with Gasteiger partial charge < -0.3 is 15.2 Å². The van der Waals surface area contributed by atoms with Crippen molar-refractivity contribution in [3.8, 4) is 11.5 Å². The second-order valence-electron chi connectivity index (χ2n) is 5.68. The van der Waals surface area contributed by atoms with Gasteiger partial charge >= 0.3 is 0 Å². The summed E-state index contributed by atoms with van der Waals surface area (Å²) >= 11 is 6.32. The highest BCUT2D eigenvalue weighted by atomic mass is 35.5. The molecule has 0 saturated heterocycles. The van der Waals surface area contributed by atoms with Crippen molar-refractivity contribution in [3.63, 3.8) is 0 Å². The molecule has 0 fully saturated rings. The number of rotatable bonds is 8. The molecule has 0 radical (unpaired) electrons. The minimum atomic E-state index is -0.0282. The Hall–Kier alpha value is -0.930. The summed E-state index contributed by atoms with van der Waals surface area (Å²) in [7, 11) is 0. The number of hydrogen-bond acceptors (Lipinski definition) is 3. The van der Waals surface area contributed by atoms with Gasteiger partial charge in [-0.3, -0.25) is 0 Å². The maximum Gasteiger partial charge on any atom is 0.162 e. The number of ether oxygens (including phenoxy) is 2. The molecule has 0 aliphatic carbocycles. The molecule has 2 N–H and O–H groups in total. The highest BCUT2D eigenvalue weighted by Crippen LogP contribution is 2.38. The van der Waals surface area contributed by atoms with E-state index in [9.17, 15) is 0 Å². The molecule has 1 aliphatic rings. The normalized spacial score (nSPS) is 15.0. The van der Waals surface area contributed by atoms with Crippen LogP contribution in [0.5, 0.6) is 11.5 Å². The lowest BCUT2D eigenvalue weighted by Crippen LogP contribution is -2.17. The van der Waals surface area contributed by atoms with E-state index in [1.807, 2.05) is 12.1 Å². The lowest BCUT2D eigenvalue weighted by molar-refractivity contribution is 0.171. The predicted molar refractivity (Wildman–Crippen MR) is 87.4 cm³/mol. The fourth-order valence-electron chi connectivity index (χ4n) is 2.66. The molecule has 1 atom stereocenters. The first-order valence-electron chi connectivity index (χ1n) is 8.07. The summed E-state index contributed by atoms with van der Waals surface area (Å²) in [6.45, 7) is 3.40. The van der Waals surface area contributed by atoms with Crippen molar-refractivity contribution in [2.75, 3.05) is 13.2 Å². The fourth-order valence-corrected chi connectivity index (χ4v) is 2.96. The maximum absolute atomic E-state index is 6.32. The van der Waals surface area contributed by atoms with Gasteiger partial charge in [0.05, 0.1) is 0 Å². The van der Waals surface area contributed by atoms with Crippen LogP contribution in [0.15, 0.2) is 12.1 Å². The summed E-state index contributed by atoms with van der Waals surface area (Å²) < 4.78 is 11.1. The van der Waals surface area contributed by atoms with Crippen molar-refractivity contribution < 1.29 is 9.47 Å². The average Bonchev–Trinajstić information content (AvgIpc) is 2.49. The van der Waals surface area contributed by atoms with Crippen LogP contribution < -0.4 is 15.2 Å². The van der Waals surface area contributed by atoms with Crippen molar-refractivity contribution in [1.29, 1.82) is 0 Å². The van der Waals surface area contributed by atoms with Gasteiger partial charge in [0.25, 0.3) is 0 Å². The molecule has 4 heteroatoms. The number of benzene rings is 1. The van der Waals surface area contributed by atoms with Crippen molar-refractivity contribution in [1.82, 2.24) is 0 Å². The molecule has 1 heterocycles. The molecular formula is C17H26ClNO2. The van der Waals surface area contributed by atoms with Crippen LogP contribution in [0.4, 0.5) is 0 Å². The van der Waals surface area contributed by atoms with Gasteiger partial charge in [-0.15, -0.1) is 0 Å². The first-order chi connectivity index (χ1) is 10.2. The molecule has 3 nitrogen and oxygen atoms in total. The Labute approximate surface area is 132 Å². The molecule has 1 unspecified atom stereocenters. The first kappa shape index (κ1) is 16.4. The fraction of sp³-hybridized carbons (Fsp3) is 0.647. The summed E-state index contributed by atoms with van der Waals surface area (Å²) in [6.07, 6.45) is 8.61. The Bertz CT molecular complexity index is 451. The lowest BCUT2D eigenvalue weighted by atomic mass is 9.99. The van der Waals surface area contributed by atoms with Crippen LogP contribution in [-0.2, 0) is 0 Å².